The molecule has 102 valence electrons. The van der Waals surface area contributed by atoms with Gasteiger partial charge in [0.2, 0.25) is 0 Å². The van der Waals surface area contributed by atoms with Gasteiger partial charge in [0.1, 0.15) is 11.0 Å². The van der Waals surface area contributed by atoms with Gasteiger partial charge in [0.05, 0.1) is 18.4 Å². The van der Waals surface area contributed by atoms with E-state index in [9.17, 15) is 26.7 Å². The third-order valence-electron chi connectivity index (χ3n) is 1.76. The molecular weight excluding hydrogens is 329 g/mol. The Labute approximate surface area is 106 Å². The molecule has 0 aliphatic carbocycles. The normalized spacial score (nSPS) is 11.9. The lowest BCUT2D eigenvalue weighted by Gasteiger charge is -2.11. The SMILES string of the molecule is O=c1c(Br)c(NCC(F)F)cnn1CC(F)(F)F. The number of hydrogen-bond donors (Lipinski definition) is 1. The van der Waals surface area contributed by atoms with Crippen LogP contribution in [0.25, 0.3) is 0 Å². The molecular formula is C8H7BrF5N3O. The standard InChI is InChI=1S/C8H7BrF5N3O/c9-6-4(15-2-5(10)11)1-16-17(7(6)18)3-8(12,13)14/h1,5,15H,2-3H2. The van der Waals surface area contributed by atoms with E-state index < -0.39 is 31.3 Å². The minimum absolute atomic E-state index is 0.0845. The van der Waals surface area contributed by atoms with Crippen molar-refractivity contribution in [1.29, 1.82) is 0 Å². The zero-order valence-corrected chi connectivity index (χ0v) is 10.2. The molecule has 0 aliphatic rings. The molecule has 0 saturated carbocycles. The van der Waals surface area contributed by atoms with Crippen LogP contribution in [0.1, 0.15) is 0 Å². The highest BCUT2D eigenvalue weighted by molar-refractivity contribution is 9.10. The number of halogens is 6. The summed E-state index contributed by atoms with van der Waals surface area (Å²) in [5.41, 5.74) is -1.13. The van der Waals surface area contributed by atoms with Crippen molar-refractivity contribution < 1.29 is 22.0 Å². The molecule has 1 aromatic rings. The van der Waals surface area contributed by atoms with Crippen LogP contribution in [0.4, 0.5) is 27.6 Å². The van der Waals surface area contributed by atoms with E-state index in [1.807, 2.05) is 0 Å². The quantitative estimate of drug-likeness (QED) is 0.858. The largest absolute Gasteiger partial charge is 0.408 e. The molecule has 0 amide bonds. The maximum absolute atomic E-state index is 12.1. The monoisotopic (exact) mass is 335 g/mol. The first-order valence-electron chi connectivity index (χ1n) is 4.55. The Hall–Kier alpha value is -1.19. The summed E-state index contributed by atoms with van der Waals surface area (Å²) < 4.78 is 60.0. The molecule has 0 fully saturated rings. The van der Waals surface area contributed by atoms with Crippen molar-refractivity contribution in [3.8, 4) is 0 Å². The smallest absolute Gasteiger partial charge is 0.377 e. The zero-order chi connectivity index (χ0) is 13.9. The molecule has 0 aliphatic heterocycles. The number of aromatic nitrogens is 2. The summed E-state index contributed by atoms with van der Waals surface area (Å²) in [5.74, 6) is 0. The van der Waals surface area contributed by atoms with E-state index in [0.29, 0.717) is 0 Å². The minimum atomic E-state index is -4.59. The maximum Gasteiger partial charge on any atom is 0.408 e. The van der Waals surface area contributed by atoms with Crippen LogP contribution in [0.2, 0.25) is 0 Å². The number of nitrogens with zero attached hydrogens (tertiary/aromatic N) is 2. The lowest BCUT2D eigenvalue weighted by molar-refractivity contribution is -0.143. The summed E-state index contributed by atoms with van der Waals surface area (Å²) in [5, 5.41) is 5.44. The van der Waals surface area contributed by atoms with Crippen LogP contribution >= 0.6 is 15.9 Å². The lowest BCUT2D eigenvalue weighted by Crippen LogP contribution is -2.31. The highest BCUT2D eigenvalue weighted by Crippen LogP contribution is 2.19. The second kappa shape index (κ2) is 5.63. The van der Waals surface area contributed by atoms with E-state index in [4.69, 9.17) is 0 Å². The zero-order valence-electron chi connectivity index (χ0n) is 8.64. The van der Waals surface area contributed by atoms with Crippen LogP contribution in [-0.2, 0) is 6.54 Å². The first kappa shape index (κ1) is 14.9. The highest BCUT2D eigenvalue weighted by Gasteiger charge is 2.29. The van der Waals surface area contributed by atoms with Crippen molar-refractivity contribution >= 4 is 21.6 Å². The Morgan fingerprint density at radius 3 is 2.56 bits per heavy atom. The summed E-state index contributed by atoms with van der Waals surface area (Å²) in [6, 6.07) is 0. The van der Waals surface area contributed by atoms with Crippen molar-refractivity contribution in [1.82, 2.24) is 9.78 Å². The molecule has 1 heterocycles. The van der Waals surface area contributed by atoms with E-state index in [1.54, 1.807) is 0 Å². The molecule has 10 heteroatoms. The number of rotatable bonds is 4. The lowest BCUT2D eigenvalue weighted by atomic mass is 10.4. The van der Waals surface area contributed by atoms with Gasteiger partial charge in [0.25, 0.3) is 12.0 Å². The Balaban J connectivity index is 2.95. The summed E-state index contributed by atoms with van der Waals surface area (Å²) >= 11 is 2.74. The Morgan fingerprint density at radius 1 is 1.44 bits per heavy atom. The van der Waals surface area contributed by atoms with Crippen molar-refractivity contribution in [2.45, 2.75) is 19.1 Å². The number of nitrogens with one attached hydrogen (secondary N) is 1. The van der Waals surface area contributed by atoms with Gasteiger partial charge < -0.3 is 5.32 Å². The molecule has 0 bridgehead atoms. The molecule has 1 rings (SSSR count). The predicted octanol–water partition coefficient (Wildman–Crippen LogP) is 2.25. The van der Waals surface area contributed by atoms with Gasteiger partial charge in [-0.25, -0.2) is 13.5 Å². The van der Waals surface area contributed by atoms with Crippen LogP contribution < -0.4 is 10.9 Å². The van der Waals surface area contributed by atoms with E-state index in [2.05, 4.69) is 26.3 Å². The number of anilines is 1. The molecule has 0 radical (unpaired) electrons. The fraction of sp³-hybridized carbons (Fsp3) is 0.500. The van der Waals surface area contributed by atoms with Crippen LogP contribution in [0.3, 0.4) is 0 Å². The molecule has 0 aromatic carbocycles. The second-order valence-corrected chi connectivity index (χ2v) is 4.02. The summed E-state index contributed by atoms with van der Waals surface area (Å²) in [6.07, 6.45) is -6.37. The second-order valence-electron chi connectivity index (χ2n) is 3.22. The predicted molar refractivity (Wildman–Crippen MR) is 56.7 cm³/mol. The number of alkyl halides is 5. The minimum Gasteiger partial charge on any atom is -0.377 e. The maximum atomic E-state index is 12.1. The van der Waals surface area contributed by atoms with Crippen LogP contribution in [0.5, 0.6) is 0 Å². The van der Waals surface area contributed by atoms with E-state index >= 15 is 0 Å². The van der Waals surface area contributed by atoms with Gasteiger partial charge in [-0.2, -0.15) is 18.3 Å². The Morgan fingerprint density at radius 2 is 2.06 bits per heavy atom. The first-order valence-corrected chi connectivity index (χ1v) is 5.34. The topological polar surface area (TPSA) is 46.9 Å². The van der Waals surface area contributed by atoms with Crippen LogP contribution in [0.15, 0.2) is 15.5 Å². The fourth-order valence-electron chi connectivity index (χ4n) is 1.06. The highest BCUT2D eigenvalue weighted by atomic mass is 79.9. The van der Waals surface area contributed by atoms with E-state index in [1.165, 1.54) is 0 Å². The van der Waals surface area contributed by atoms with Gasteiger partial charge in [-0.05, 0) is 15.9 Å². The van der Waals surface area contributed by atoms with Crippen molar-refractivity contribution in [3.05, 3.63) is 21.0 Å². The summed E-state index contributed by atoms with van der Waals surface area (Å²) in [7, 11) is 0. The van der Waals surface area contributed by atoms with Gasteiger partial charge in [0.15, 0.2) is 0 Å². The average Bonchev–Trinajstić information content (AvgIpc) is 2.22. The molecule has 0 saturated heterocycles. The fourth-order valence-corrected chi connectivity index (χ4v) is 1.51. The van der Waals surface area contributed by atoms with Crippen LogP contribution in [-0.4, -0.2) is 28.9 Å². The summed E-state index contributed by atoms with van der Waals surface area (Å²) in [6.45, 7) is -2.28. The van der Waals surface area contributed by atoms with Gasteiger partial charge in [-0.3, -0.25) is 4.79 Å². The first-order chi connectivity index (χ1) is 8.20. The average molecular weight is 336 g/mol. The number of hydrogen-bond acceptors (Lipinski definition) is 3. The van der Waals surface area contributed by atoms with Crippen LogP contribution in [0, 0.1) is 0 Å². The van der Waals surface area contributed by atoms with Gasteiger partial charge >= 0.3 is 6.18 Å². The summed E-state index contributed by atoms with van der Waals surface area (Å²) in [4.78, 5) is 11.4. The van der Waals surface area contributed by atoms with Gasteiger partial charge in [0, 0.05) is 0 Å². The van der Waals surface area contributed by atoms with Crippen molar-refractivity contribution in [2.24, 2.45) is 0 Å². The third-order valence-corrected chi connectivity index (χ3v) is 2.53. The van der Waals surface area contributed by atoms with E-state index in [0.717, 1.165) is 6.20 Å². The molecule has 0 unspecified atom stereocenters. The van der Waals surface area contributed by atoms with Gasteiger partial charge in [-0.1, -0.05) is 0 Å². The van der Waals surface area contributed by atoms with Gasteiger partial charge in [-0.15, -0.1) is 0 Å². The molecule has 4 nitrogen and oxygen atoms in total. The Bertz CT molecular complexity index is 473. The third kappa shape index (κ3) is 4.24. The van der Waals surface area contributed by atoms with Crippen molar-refractivity contribution in [2.75, 3.05) is 11.9 Å². The molecule has 0 spiro atoms. The van der Waals surface area contributed by atoms with E-state index in [-0.39, 0.29) is 14.8 Å². The van der Waals surface area contributed by atoms with Crippen molar-refractivity contribution in [3.63, 3.8) is 0 Å². The molecule has 0 atom stereocenters. The molecule has 18 heavy (non-hydrogen) atoms. The molecule has 1 aromatic heterocycles. The molecule has 1 N–H and O–H groups in total. The Kier molecular flexibility index (Phi) is 4.65.